The number of likely N-dealkylation sites (tertiary alicyclic amines) is 1. The summed E-state index contributed by atoms with van der Waals surface area (Å²) in [4.78, 5) is 18.1. The van der Waals surface area contributed by atoms with Gasteiger partial charge in [-0.3, -0.25) is 9.88 Å². The number of nitrogens with one attached hydrogen (secondary N) is 2. The number of carbonyl (C=O) groups is 1. The fourth-order valence-corrected chi connectivity index (χ4v) is 5.03. The zero-order valence-corrected chi connectivity index (χ0v) is 17.1. The fourth-order valence-electron chi connectivity index (χ4n) is 3.38. The van der Waals surface area contributed by atoms with E-state index in [-0.39, 0.29) is 17.5 Å². The summed E-state index contributed by atoms with van der Waals surface area (Å²) >= 11 is 0. The quantitative estimate of drug-likeness (QED) is 0.679. The summed E-state index contributed by atoms with van der Waals surface area (Å²) < 4.78 is 26.1. The molecule has 0 saturated carbocycles. The van der Waals surface area contributed by atoms with Crippen molar-refractivity contribution in [2.75, 3.05) is 18.4 Å². The second-order valence-corrected chi connectivity index (χ2v) is 9.01. The van der Waals surface area contributed by atoms with Gasteiger partial charge in [0, 0.05) is 12.7 Å². The van der Waals surface area contributed by atoms with Crippen molar-refractivity contribution in [2.24, 2.45) is 0 Å². The zero-order chi connectivity index (χ0) is 20.7. The van der Waals surface area contributed by atoms with Crippen LogP contribution in [0.25, 0.3) is 0 Å². The van der Waals surface area contributed by atoms with Crippen LogP contribution in [0, 0.1) is 0 Å². The molecule has 0 spiro atoms. The van der Waals surface area contributed by atoms with Crippen LogP contribution >= 0.6 is 0 Å². The van der Waals surface area contributed by atoms with Gasteiger partial charge >= 0.3 is 6.03 Å². The Balaban J connectivity index is 1.61. The maximum absolute atomic E-state index is 13.0. The number of hydrogen-bond donors (Lipinski definition) is 2. The Morgan fingerprint density at radius 1 is 1.17 bits per heavy atom. The number of amides is 2. The molecule has 1 atom stereocenters. The largest absolute Gasteiger partial charge is 0.334 e. The number of anilines is 1. The van der Waals surface area contributed by atoms with Crippen molar-refractivity contribution < 1.29 is 13.2 Å². The highest BCUT2D eigenvalue weighted by atomic mass is 32.2. The molecule has 2 N–H and O–H groups in total. The minimum absolute atomic E-state index is 0.261. The Morgan fingerprint density at radius 3 is 2.52 bits per heavy atom. The van der Waals surface area contributed by atoms with E-state index in [1.54, 1.807) is 48.8 Å². The molecule has 2 heterocycles. The number of hydrogen-bond acceptors (Lipinski definition) is 5. The van der Waals surface area contributed by atoms with E-state index in [0.717, 1.165) is 37.9 Å². The van der Waals surface area contributed by atoms with Crippen LogP contribution in [-0.4, -0.2) is 42.8 Å². The van der Waals surface area contributed by atoms with Gasteiger partial charge in [-0.2, -0.15) is 0 Å². The third-order valence-corrected chi connectivity index (χ3v) is 6.95. The first-order valence-corrected chi connectivity index (χ1v) is 11.2. The first-order chi connectivity index (χ1) is 14.0. The Kier molecular flexibility index (Phi) is 7.00. The number of carbonyl (C=O) groups excluding carboxylic acids is 1. The molecule has 2 amide bonds. The SMILES string of the molecule is C=CC(N1CCCCC1)S(=O)(=O)c1ccc(CNC(=O)Nc2cccnc2)cc1. The Morgan fingerprint density at radius 2 is 1.90 bits per heavy atom. The first kappa shape index (κ1) is 21.0. The van der Waals surface area contributed by atoms with E-state index in [1.165, 1.54) is 6.08 Å². The highest BCUT2D eigenvalue weighted by Gasteiger charge is 2.31. The van der Waals surface area contributed by atoms with Crippen LogP contribution in [0.1, 0.15) is 24.8 Å². The molecular formula is C21H26N4O3S. The van der Waals surface area contributed by atoms with Crippen molar-refractivity contribution in [1.82, 2.24) is 15.2 Å². The van der Waals surface area contributed by atoms with Crippen molar-refractivity contribution in [3.8, 4) is 0 Å². The molecule has 1 fully saturated rings. The van der Waals surface area contributed by atoms with E-state index in [0.29, 0.717) is 5.69 Å². The molecule has 29 heavy (non-hydrogen) atoms. The number of rotatable bonds is 7. The van der Waals surface area contributed by atoms with Gasteiger partial charge in [-0.05, 0) is 55.8 Å². The van der Waals surface area contributed by atoms with Crippen molar-refractivity contribution in [1.29, 1.82) is 0 Å². The van der Waals surface area contributed by atoms with Crippen LogP contribution in [-0.2, 0) is 16.4 Å². The molecule has 1 saturated heterocycles. The lowest BCUT2D eigenvalue weighted by atomic mass is 10.1. The summed E-state index contributed by atoms with van der Waals surface area (Å²) in [6.45, 7) is 5.57. The molecule has 1 unspecified atom stereocenters. The summed E-state index contributed by atoms with van der Waals surface area (Å²) in [5.41, 5.74) is 1.40. The Hall–Kier alpha value is -2.71. The molecule has 0 radical (unpaired) electrons. The average Bonchev–Trinajstić information content (AvgIpc) is 2.74. The third kappa shape index (κ3) is 5.42. The second kappa shape index (κ2) is 9.67. The second-order valence-electron chi connectivity index (χ2n) is 6.96. The van der Waals surface area contributed by atoms with E-state index in [9.17, 15) is 13.2 Å². The molecule has 3 rings (SSSR count). The lowest BCUT2D eigenvalue weighted by Crippen LogP contribution is -2.42. The smallest absolute Gasteiger partial charge is 0.319 e. The van der Waals surface area contributed by atoms with Gasteiger partial charge in [-0.1, -0.05) is 24.6 Å². The van der Waals surface area contributed by atoms with Gasteiger partial charge in [-0.25, -0.2) is 13.2 Å². The van der Waals surface area contributed by atoms with Gasteiger partial charge in [0.05, 0.1) is 16.8 Å². The van der Waals surface area contributed by atoms with E-state index < -0.39 is 15.2 Å². The van der Waals surface area contributed by atoms with Crippen LogP contribution in [0.5, 0.6) is 0 Å². The monoisotopic (exact) mass is 414 g/mol. The van der Waals surface area contributed by atoms with Gasteiger partial charge in [0.1, 0.15) is 5.37 Å². The lowest BCUT2D eigenvalue weighted by molar-refractivity contribution is 0.229. The molecule has 0 aliphatic carbocycles. The van der Waals surface area contributed by atoms with Crippen molar-refractivity contribution >= 4 is 21.6 Å². The minimum Gasteiger partial charge on any atom is -0.334 e. The molecule has 8 heteroatoms. The van der Waals surface area contributed by atoms with Gasteiger partial charge in [0.2, 0.25) is 0 Å². The molecule has 7 nitrogen and oxygen atoms in total. The highest BCUT2D eigenvalue weighted by Crippen LogP contribution is 2.23. The maximum Gasteiger partial charge on any atom is 0.319 e. The molecule has 154 valence electrons. The van der Waals surface area contributed by atoms with Gasteiger partial charge in [-0.15, -0.1) is 6.58 Å². The van der Waals surface area contributed by atoms with Crippen molar-refractivity contribution in [2.45, 2.75) is 36.1 Å². The standard InChI is InChI=1S/C21H26N4O3S/c1-2-20(25-13-4-3-5-14-25)29(27,28)19-10-8-17(9-11-19)15-23-21(26)24-18-7-6-12-22-16-18/h2,6-12,16,20H,1,3-5,13-15H2,(H2,23,24,26). The normalized spacial score (nSPS) is 16.0. The Bertz CT molecular complexity index is 924. The molecule has 2 aromatic rings. The number of sulfone groups is 1. The number of pyridine rings is 1. The van der Waals surface area contributed by atoms with E-state index in [2.05, 4.69) is 22.2 Å². The van der Waals surface area contributed by atoms with Crippen molar-refractivity contribution in [3.63, 3.8) is 0 Å². The number of urea groups is 1. The molecule has 1 aliphatic rings. The third-order valence-electron chi connectivity index (χ3n) is 4.89. The van der Waals surface area contributed by atoms with Gasteiger partial charge in [0.25, 0.3) is 0 Å². The predicted molar refractivity (Wildman–Crippen MR) is 113 cm³/mol. The van der Waals surface area contributed by atoms with Crippen LogP contribution < -0.4 is 10.6 Å². The Labute approximate surface area is 171 Å². The molecule has 1 aromatic carbocycles. The average molecular weight is 415 g/mol. The predicted octanol–water partition coefficient (Wildman–Crippen LogP) is 3.18. The topological polar surface area (TPSA) is 91.4 Å². The van der Waals surface area contributed by atoms with Crippen LogP contribution in [0.2, 0.25) is 0 Å². The summed E-state index contributed by atoms with van der Waals surface area (Å²) in [6, 6.07) is 9.73. The van der Waals surface area contributed by atoms with Gasteiger partial charge in [0.15, 0.2) is 9.84 Å². The van der Waals surface area contributed by atoms with E-state index in [4.69, 9.17) is 0 Å². The van der Waals surface area contributed by atoms with Crippen LogP contribution in [0.3, 0.4) is 0 Å². The number of aromatic nitrogens is 1. The molecule has 1 aromatic heterocycles. The number of benzene rings is 1. The zero-order valence-electron chi connectivity index (χ0n) is 16.3. The highest BCUT2D eigenvalue weighted by molar-refractivity contribution is 7.92. The van der Waals surface area contributed by atoms with E-state index >= 15 is 0 Å². The summed E-state index contributed by atoms with van der Waals surface area (Å²) in [7, 11) is -3.54. The lowest BCUT2D eigenvalue weighted by Gasteiger charge is -2.32. The van der Waals surface area contributed by atoms with Crippen molar-refractivity contribution in [3.05, 3.63) is 67.0 Å². The van der Waals surface area contributed by atoms with Gasteiger partial charge < -0.3 is 10.6 Å². The van der Waals surface area contributed by atoms with E-state index in [1.807, 2.05) is 4.90 Å². The molecule has 1 aliphatic heterocycles. The summed E-state index contributed by atoms with van der Waals surface area (Å²) in [5, 5.41) is 4.71. The van der Waals surface area contributed by atoms with Crippen LogP contribution in [0.15, 0.2) is 66.3 Å². The summed E-state index contributed by atoms with van der Waals surface area (Å²) in [6.07, 6.45) is 7.84. The maximum atomic E-state index is 13.0. The summed E-state index contributed by atoms with van der Waals surface area (Å²) in [5.74, 6) is 0. The number of nitrogens with zero attached hydrogens (tertiary/aromatic N) is 2. The molecule has 0 bridgehead atoms. The molecular weight excluding hydrogens is 388 g/mol. The van der Waals surface area contributed by atoms with Crippen LogP contribution in [0.4, 0.5) is 10.5 Å². The first-order valence-electron chi connectivity index (χ1n) is 9.65. The minimum atomic E-state index is -3.54. The number of piperidine rings is 1. The fraction of sp³-hybridized carbons (Fsp3) is 0.333.